The van der Waals surface area contributed by atoms with Gasteiger partial charge in [0.15, 0.2) is 5.13 Å². The van der Waals surface area contributed by atoms with Gasteiger partial charge in [-0.15, -0.1) is 11.3 Å². The van der Waals surface area contributed by atoms with Gasteiger partial charge in [0.2, 0.25) is 0 Å². The first kappa shape index (κ1) is 16.8. The van der Waals surface area contributed by atoms with Gasteiger partial charge in [-0.25, -0.2) is 13.8 Å². The van der Waals surface area contributed by atoms with Gasteiger partial charge in [-0.2, -0.15) is 0 Å². The molecule has 0 unspecified atom stereocenters. The van der Waals surface area contributed by atoms with E-state index in [1.165, 1.54) is 6.07 Å². The van der Waals surface area contributed by atoms with E-state index < -0.39 is 23.1 Å². The molecule has 0 aliphatic carbocycles. The fourth-order valence-corrected chi connectivity index (χ4v) is 3.12. The quantitative estimate of drug-likeness (QED) is 0.633. The molecule has 3 rings (SSSR count). The van der Waals surface area contributed by atoms with E-state index >= 15 is 0 Å². The van der Waals surface area contributed by atoms with Crippen molar-refractivity contribution in [3.63, 3.8) is 0 Å². The number of amides is 1. The molecule has 0 bridgehead atoms. The highest BCUT2D eigenvalue weighted by Gasteiger charge is 2.18. The lowest BCUT2D eigenvalue weighted by Gasteiger charge is -2.04. The molecule has 1 heterocycles. The molecule has 0 aliphatic rings. The Morgan fingerprint density at radius 3 is 2.54 bits per heavy atom. The number of hydrogen-bond donors (Lipinski definition) is 1. The predicted molar refractivity (Wildman–Crippen MR) is 91.9 cm³/mol. The topological polar surface area (TPSA) is 42.0 Å². The van der Waals surface area contributed by atoms with Crippen LogP contribution in [0.4, 0.5) is 13.9 Å². The first-order valence-electron chi connectivity index (χ1n) is 6.62. The zero-order valence-corrected chi connectivity index (χ0v) is 14.1. The lowest BCUT2D eigenvalue weighted by atomic mass is 10.2. The maximum absolute atomic E-state index is 13.6. The van der Waals surface area contributed by atoms with Crippen molar-refractivity contribution in [1.29, 1.82) is 0 Å². The second kappa shape index (κ2) is 6.84. The Morgan fingerprint density at radius 2 is 1.83 bits per heavy atom. The van der Waals surface area contributed by atoms with Crippen LogP contribution in [0, 0.1) is 11.6 Å². The maximum atomic E-state index is 13.6. The van der Waals surface area contributed by atoms with E-state index in [-0.39, 0.29) is 5.13 Å². The summed E-state index contributed by atoms with van der Waals surface area (Å²) in [6.45, 7) is 0. The van der Waals surface area contributed by atoms with Crippen LogP contribution in [0.15, 0.2) is 41.8 Å². The summed E-state index contributed by atoms with van der Waals surface area (Å²) < 4.78 is 27.2. The highest BCUT2D eigenvalue weighted by atomic mass is 35.5. The SMILES string of the molecule is O=C(Nc1nc(-c2cc(Cl)ccc2Cl)cs1)c1c(F)cccc1F. The lowest BCUT2D eigenvalue weighted by molar-refractivity contribution is 0.101. The Bertz CT molecular complexity index is 910. The zero-order valence-electron chi connectivity index (χ0n) is 11.8. The van der Waals surface area contributed by atoms with Crippen LogP contribution in [0.2, 0.25) is 10.0 Å². The molecule has 0 atom stereocenters. The van der Waals surface area contributed by atoms with Gasteiger partial charge in [-0.05, 0) is 30.3 Å². The number of carbonyl (C=O) groups excluding carboxylic acids is 1. The third-order valence-electron chi connectivity index (χ3n) is 3.12. The van der Waals surface area contributed by atoms with Gasteiger partial charge in [0.25, 0.3) is 5.91 Å². The van der Waals surface area contributed by atoms with Crippen molar-refractivity contribution in [1.82, 2.24) is 4.98 Å². The van der Waals surface area contributed by atoms with Crippen molar-refractivity contribution < 1.29 is 13.6 Å². The monoisotopic (exact) mass is 384 g/mol. The number of aromatic nitrogens is 1. The molecule has 0 radical (unpaired) electrons. The van der Waals surface area contributed by atoms with Crippen LogP contribution in [0.1, 0.15) is 10.4 Å². The summed E-state index contributed by atoms with van der Waals surface area (Å²) in [6, 6.07) is 8.12. The Hall–Kier alpha value is -2.02. The smallest absolute Gasteiger partial charge is 0.263 e. The number of carbonyl (C=O) groups is 1. The zero-order chi connectivity index (χ0) is 17.3. The minimum Gasteiger partial charge on any atom is -0.298 e. The second-order valence-electron chi connectivity index (χ2n) is 4.71. The number of nitrogens with zero attached hydrogens (tertiary/aromatic N) is 1. The molecule has 3 nitrogen and oxygen atoms in total. The van der Waals surface area contributed by atoms with Gasteiger partial charge in [0, 0.05) is 16.0 Å². The van der Waals surface area contributed by atoms with Crippen molar-refractivity contribution >= 4 is 45.6 Å². The van der Waals surface area contributed by atoms with Gasteiger partial charge < -0.3 is 0 Å². The third kappa shape index (κ3) is 3.40. The van der Waals surface area contributed by atoms with Crippen molar-refractivity contribution in [2.24, 2.45) is 0 Å². The molecule has 122 valence electrons. The number of hydrogen-bond acceptors (Lipinski definition) is 3. The first-order valence-corrected chi connectivity index (χ1v) is 8.25. The molecule has 0 saturated heterocycles. The van der Waals surface area contributed by atoms with E-state index in [4.69, 9.17) is 23.2 Å². The summed E-state index contributed by atoms with van der Waals surface area (Å²) in [7, 11) is 0. The Morgan fingerprint density at radius 1 is 1.12 bits per heavy atom. The van der Waals surface area contributed by atoms with E-state index in [2.05, 4.69) is 10.3 Å². The normalized spacial score (nSPS) is 10.7. The van der Waals surface area contributed by atoms with Crippen LogP contribution in [0.5, 0.6) is 0 Å². The second-order valence-corrected chi connectivity index (χ2v) is 6.41. The number of halogens is 4. The number of rotatable bonds is 3. The summed E-state index contributed by atoms with van der Waals surface area (Å²) in [5.74, 6) is -2.80. The summed E-state index contributed by atoms with van der Waals surface area (Å²) >= 11 is 13.1. The molecule has 0 saturated carbocycles. The van der Waals surface area contributed by atoms with E-state index in [1.807, 2.05) is 0 Å². The summed E-state index contributed by atoms with van der Waals surface area (Å²) in [5.41, 5.74) is 0.435. The molecule has 0 fully saturated rings. The molecule has 0 aliphatic heterocycles. The standard InChI is InChI=1S/C16H8Cl2F2N2OS/c17-8-4-5-10(18)9(6-8)13-7-24-16(21-13)22-15(23)14-11(19)2-1-3-12(14)20/h1-7H,(H,21,22,23). The molecule has 3 aromatic rings. The highest BCUT2D eigenvalue weighted by molar-refractivity contribution is 7.14. The average molecular weight is 385 g/mol. The average Bonchev–Trinajstić information content (AvgIpc) is 2.97. The fraction of sp³-hybridized carbons (Fsp3) is 0. The van der Waals surface area contributed by atoms with Crippen LogP contribution < -0.4 is 5.32 Å². The highest BCUT2D eigenvalue weighted by Crippen LogP contribution is 2.32. The Balaban J connectivity index is 1.87. The Kier molecular flexibility index (Phi) is 4.80. The van der Waals surface area contributed by atoms with Crippen molar-refractivity contribution in [2.45, 2.75) is 0 Å². The van der Waals surface area contributed by atoms with Crippen LogP contribution in [0.25, 0.3) is 11.3 Å². The minimum atomic E-state index is -0.942. The summed E-state index contributed by atoms with van der Waals surface area (Å²) in [6.07, 6.45) is 0. The molecule has 24 heavy (non-hydrogen) atoms. The van der Waals surface area contributed by atoms with Gasteiger partial charge in [-0.1, -0.05) is 29.3 Å². The third-order valence-corrected chi connectivity index (χ3v) is 4.44. The molecule has 8 heteroatoms. The van der Waals surface area contributed by atoms with Crippen LogP contribution in [-0.2, 0) is 0 Å². The molecule has 0 spiro atoms. The number of nitrogens with one attached hydrogen (secondary N) is 1. The van der Waals surface area contributed by atoms with Crippen molar-refractivity contribution in [3.05, 3.63) is 69.0 Å². The molecule has 1 aromatic heterocycles. The van der Waals surface area contributed by atoms with E-state index in [9.17, 15) is 13.6 Å². The molecule has 1 N–H and O–H groups in total. The van der Waals surface area contributed by atoms with E-state index in [0.717, 1.165) is 23.5 Å². The molecule has 1 amide bonds. The number of benzene rings is 2. The van der Waals surface area contributed by atoms with Gasteiger partial charge >= 0.3 is 0 Å². The number of thiazole rings is 1. The minimum absolute atomic E-state index is 0.189. The Labute approximate surface area is 149 Å². The number of anilines is 1. The van der Waals surface area contributed by atoms with Gasteiger partial charge in [-0.3, -0.25) is 10.1 Å². The van der Waals surface area contributed by atoms with E-state index in [0.29, 0.717) is 21.3 Å². The predicted octanol–water partition coefficient (Wildman–Crippen LogP) is 5.65. The first-order chi connectivity index (χ1) is 11.5. The molecular formula is C16H8Cl2F2N2OS. The fourth-order valence-electron chi connectivity index (χ4n) is 2.02. The van der Waals surface area contributed by atoms with Crippen LogP contribution in [-0.4, -0.2) is 10.9 Å². The summed E-state index contributed by atoms with van der Waals surface area (Å²) in [5, 5.41) is 5.16. The van der Waals surface area contributed by atoms with Gasteiger partial charge in [0.1, 0.15) is 17.2 Å². The van der Waals surface area contributed by atoms with Crippen LogP contribution >= 0.6 is 34.5 Å². The van der Waals surface area contributed by atoms with Gasteiger partial charge in [0.05, 0.1) is 10.7 Å². The van der Waals surface area contributed by atoms with Crippen molar-refractivity contribution in [2.75, 3.05) is 5.32 Å². The van der Waals surface area contributed by atoms with Crippen molar-refractivity contribution in [3.8, 4) is 11.3 Å². The van der Waals surface area contributed by atoms with Crippen LogP contribution in [0.3, 0.4) is 0 Å². The lowest BCUT2D eigenvalue weighted by Crippen LogP contribution is -2.15. The summed E-state index contributed by atoms with van der Waals surface area (Å²) in [4.78, 5) is 16.3. The molecular weight excluding hydrogens is 377 g/mol. The van der Waals surface area contributed by atoms with E-state index in [1.54, 1.807) is 23.6 Å². The largest absolute Gasteiger partial charge is 0.298 e. The maximum Gasteiger partial charge on any atom is 0.263 e. The molecule has 2 aromatic carbocycles.